The van der Waals surface area contributed by atoms with Crippen LogP contribution in [-0.4, -0.2) is 62.3 Å². The van der Waals surface area contributed by atoms with Crippen LogP contribution in [0.15, 0.2) is 0 Å². The van der Waals surface area contributed by atoms with E-state index in [0.717, 1.165) is 19.2 Å². The van der Waals surface area contributed by atoms with E-state index in [1.165, 1.54) is 38.8 Å². The molecule has 0 aromatic carbocycles. The Morgan fingerprint density at radius 2 is 2.00 bits per heavy atom. The molecular weight excluding hydrogens is 188 g/mol. The van der Waals surface area contributed by atoms with Gasteiger partial charge >= 0.3 is 0 Å². The summed E-state index contributed by atoms with van der Waals surface area (Å²) in [4.78, 5) is 4.94. The molecule has 2 heterocycles. The first-order valence-electron chi connectivity index (χ1n) is 6.26. The molecule has 1 atom stereocenters. The Labute approximate surface area is 93.4 Å². The summed E-state index contributed by atoms with van der Waals surface area (Å²) in [5.41, 5.74) is 0. The first kappa shape index (κ1) is 11.4. The Kier molecular flexibility index (Phi) is 4.00. The molecule has 0 saturated carbocycles. The van der Waals surface area contributed by atoms with Crippen LogP contribution in [-0.2, 0) is 4.74 Å². The molecule has 0 radical (unpaired) electrons. The summed E-state index contributed by atoms with van der Waals surface area (Å²) in [7, 11) is 4.48. The van der Waals surface area contributed by atoms with Crippen LogP contribution in [0.25, 0.3) is 0 Å². The number of nitrogens with zero attached hydrogens (tertiary/aromatic N) is 2. The highest BCUT2D eigenvalue weighted by Gasteiger charge is 2.24. The molecular formula is C12H24N2O. The van der Waals surface area contributed by atoms with E-state index < -0.39 is 0 Å². The normalized spacial score (nSPS) is 30.2. The third kappa shape index (κ3) is 3.16. The molecule has 2 aliphatic rings. The number of rotatable bonds is 3. The predicted molar refractivity (Wildman–Crippen MR) is 62.1 cm³/mol. The third-order valence-electron chi connectivity index (χ3n) is 3.83. The van der Waals surface area contributed by atoms with Crippen LogP contribution in [0.3, 0.4) is 0 Å². The van der Waals surface area contributed by atoms with E-state index in [1.54, 1.807) is 0 Å². The second-order valence-electron chi connectivity index (χ2n) is 5.11. The lowest BCUT2D eigenvalue weighted by molar-refractivity contribution is 0.0543. The van der Waals surface area contributed by atoms with Gasteiger partial charge in [0.15, 0.2) is 0 Å². The summed E-state index contributed by atoms with van der Waals surface area (Å²) in [6, 6.07) is 0.783. The second-order valence-corrected chi connectivity index (χ2v) is 5.11. The topological polar surface area (TPSA) is 15.7 Å². The highest BCUT2D eigenvalue weighted by Crippen LogP contribution is 2.18. The van der Waals surface area contributed by atoms with Gasteiger partial charge in [-0.05, 0) is 52.9 Å². The number of ether oxygens (including phenoxy) is 1. The Balaban J connectivity index is 1.72. The smallest absolute Gasteiger partial charge is 0.0702 e. The molecule has 2 fully saturated rings. The Morgan fingerprint density at radius 3 is 2.60 bits per heavy atom. The maximum atomic E-state index is 5.68. The molecule has 3 nitrogen and oxygen atoms in total. The molecule has 0 spiro atoms. The Bertz CT molecular complexity index is 184. The van der Waals surface area contributed by atoms with Crippen LogP contribution in [0.5, 0.6) is 0 Å². The van der Waals surface area contributed by atoms with E-state index >= 15 is 0 Å². The molecule has 3 heteroatoms. The van der Waals surface area contributed by atoms with Crippen LogP contribution >= 0.6 is 0 Å². The van der Waals surface area contributed by atoms with Crippen molar-refractivity contribution in [3.05, 3.63) is 0 Å². The number of likely N-dealkylation sites (tertiary alicyclic amines) is 1. The van der Waals surface area contributed by atoms with Crippen molar-refractivity contribution in [1.29, 1.82) is 0 Å². The summed E-state index contributed by atoms with van der Waals surface area (Å²) < 4.78 is 5.68. The van der Waals surface area contributed by atoms with Crippen LogP contribution in [0, 0.1) is 0 Å². The quantitative estimate of drug-likeness (QED) is 0.699. The van der Waals surface area contributed by atoms with Gasteiger partial charge in [-0.1, -0.05) is 0 Å². The minimum Gasteiger partial charge on any atom is -0.377 e. The molecule has 0 bridgehead atoms. The van der Waals surface area contributed by atoms with Gasteiger partial charge in [0.05, 0.1) is 6.10 Å². The third-order valence-corrected chi connectivity index (χ3v) is 3.83. The molecule has 0 N–H and O–H groups in total. The van der Waals surface area contributed by atoms with Crippen LogP contribution < -0.4 is 0 Å². The molecule has 2 saturated heterocycles. The van der Waals surface area contributed by atoms with Gasteiger partial charge in [-0.2, -0.15) is 0 Å². The van der Waals surface area contributed by atoms with E-state index in [2.05, 4.69) is 23.9 Å². The van der Waals surface area contributed by atoms with Crippen molar-refractivity contribution in [2.24, 2.45) is 0 Å². The largest absolute Gasteiger partial charge is 0.377 e. The molecule has 0 aromatic heterocycles. The number of hydrogen-bond donors (Lipinski definition) is 0. The molecule has 0 aromatic rings. The summed E-state index contributed by atoms with van der Waals surface area (Å²) >= 11 is 0. The van der Waals surface area contributed by atoms with Crippen molar-refractivity contribution in [2.75, 3.05) is 40.3 Å². The minimum absolute atomic E-state index is 0.509. The second kappa shape index (κ2) is 5.28. The van der Waals surface area contributed by atoms with E-state index in [9.17, 15) is 0 Å². The summed E-state index contributed by atoms with van der Waals surface area (Å²) in [5, 5.41) is 0. The standard InChI is InChI=1S/C12H24N2O/c1-13-7-5-11(6-8-13)14(2)10-12-4-3-9-15-12/h11-12H,3-10H2,1-2H3. The molecule has 1 unspecified atom stereocenters. The fourth-order valence-electron chi connectivity index (χ4n) is 2.69. The van der Waals surface area contributed by atoms with Crippen molar-refractivity contribution < 1.29 is 4.74 Å². The summed E-state index contributed by atoms with van der Waals surface area (Å²) in [6.45, 7) is 4.61. The highest BCUT2D eigenvalue weighted by atomic mass is 16.5. The Hall–Kier alpha value is -0.120. The maximum absolute atomic E-state index is 5.68. The van der Waals surface area contributed by atoms with Gasteiger partial charge in [0.2, 0.25) is 0 Å². The zero-order valence-electron chi connectivity index (χ0n) is 10.1. The predicted octanol–water partition coefficient (Wildman–Crippen LogP) is 1.19. The van der Waals surface area contributed by atoms with Gasteiger partial charge < -0.3 is 14.5 Å². The fraction of sp³-hybridized carbons (Fsp3) is 1.00. The van der Waals surface area contributed by atoms with E-state index in [0.29, 0.717) is 6.10 Å². The zero-order valence-corrected chi connectivity index (χ0v) is 10.1. The van der Waals surface area contributed by atoms with Crippen molar-refractivity contribution in [3.8, 4) is 0 Å². The number of piperidine rings is 1. The van der Waals surface area contributed by atoms with Crippen LogP contribution in [0.2, 0.25) is 0 Å². The van der Waals surface area contributed by atoms with Crippen molar-refractivity contribution in [2.45, 2.75) is 37.8 Å². The van der Waals surface area contributed by atoms with E-state index in [4.69, 9.17) is 4.74 Å². The molecule has 0 amide bonds. The number of hydrogen-bond acceptors (Lipinski definition) is 3. The molecule has 0 aliphatic carbocycles. The minimum atomic E-state index is 0.509. The average Bonchev–Trinajstić information content (AvgIpc) is 2.71. The van der Waals surface area contributed by atoms with Gasteiger partial charge in [0, 0.05) is 19.2 Å². The average molecular weight is 212 g/mol. The lowest BCUT2D eigenvalue weighted by Crippen LogP contribution is -2.44. The van der Waals surface area contributed by atoms with Gasteiger partial charge in [-0.25, -0.2) is 0 Å². The first-order chi connectivity index (χ1) is 7.25. The van der Waals surface area contributed by atoms with Crippen LogP contribution in [0.1, 0.15) is 25.7 Å². The van der Waals surface area contributed by atoms with Gasteiger partial charge in [-0.15, -0.1) is 0 Å². The van der Waals surface area contributed by atoms with Crippen molar-refractivity contribution >= 4 is 0 Å². The van der Waals surface area contributed by atoms with Crippen molar-refractivity contribution in [3.63, 3.8) is 0 Å². The first-order valence-corrected chi connectivity index (χ1v) is 6.26. The molecule has 88 valence electrons. The van der Waals surface area contributed by atoms with Crippen molar-refractivity contribution in [1.82, 2.24) is 9.80 Å². The maximum Gasteiger partial charge on any atom is 0.0702 e. The van der Waals surface area contributed by atoms with Gasteiger partial charge in [-0.3, -0.25) is 0 Å². The van der Waals surface area contributed by atoms with Gasteiger partial charge in [0.1, 0.15) is 0 Å². The molecule has 15 heavy (non-hydrogen) atoms. The van der Waals surface area contributed by atoms with Crippen LogP contribution in [0.4, 0.5) is 0 Å². The highest BCUT2D eigenvalue weighted by molar-refractivity contribution is 4.79. The fourth-order valence-corrected chi connectivity index (χ4v) is 2.69. The lowest BCUT2D eigenvalue weighted by atomic mass is 10.0. The van der Waals surface area contributed by atoms with Gasteiger partial charge in [0.25, 0.3) is 0 Å². The molecule has 2 aliphatic heterocycles. The lowest BCUT2D eigenvalue weighted by Gasteiger charge is -2.36. The van der Waals surface area contributed by atoms with E-state index in [1.807, 2.05) is 0 Å². The monoisotopic (exact) mass is 212 g/mol. The molecule has 2 rings (SSSR count). The SMILES string of the molecule is CN1CCC(N(C)CC2CCCO2)CC1. The number of likely N-dealkylation sites (N-methyl/N-ethyl adjacent to an activating group) is 1. The summed E-state index contributed by atoms with van der Waals surface area (Å²) in [5.74, 6) is 0. The summed E-state index contributed by atoms with van der Waals surface area (Å²) in [6.07, 6.45) is 5.66. The zero-order chi connectivity index (χ0) is 10.7. The van der Waals surface area contributed by atoms with E-state index in [-0.39, 0.29) is 0 Å². The Morgan fingerprint density at radius 1 is 1.27 bits per heavy atom.